The average molecular weight is 261 g/mol. The van der Waals surface area contributed by atoms with Crippen LogP contribution in [-0.4, -0.2) is 19.6 Å². The number of esters is 1. The van der Waals surface area contributed by atoms with Crippen LogP contribution in [-0.2, 0) is 9.53 Å². The van der Waals surface area contributed by atoms with Crippen molar-refractivity contribution in [3.63, 3.8) is 0 Å². The number of nitrogens with two attached hydrogens (primary N) is 1. The number of benzene rings is 1. The Morgan fingerprint density at radius 2 is 2.00 bits per heavy atom. The smallest absolute Gasteiger partial charge is 0.313 e. The molecule has 0 amide bonds. The highest BCUT2D eigenvalue weighted by Crippen LogP contribution is 2.59. The molecule has 19 heavy (non-hydrogen) atoms. The molecule has 3 heteroatoms. The SMILES string of the molecule is COC(=O)[C@H](c1ccccc1)C1(CCCCN)CC1. The number of ether oxygens (including phenoxy) is 1. The third-order valence-electron chi connectivity index (χ3n) is 4.20. The maximum absolute atomic E-state index is 12.2. The maximum Gasteiger partial charge on any atom is 0.313 e. The molecule has 0 saturated heterocycles. The molecule has 1 atom stereocenters. The maximum atomic E-state index is 12.2. The molecule has 104 valence electrons. The van der Waals surface area contributed by atoms with E-state index in [1.54, 1.807) is 0 Å². The van der Waals surface area contributed by atoms with Crippen LogP contribution in [0.3, 0.4) is 0 Å². The number of unbranched alkanes of at least 4 members (excludes halogenated alkanes) is 1. The van der Waals surface area contributed by atoms with E-state index in [1.165, 1.54) is 7.11 Å². The average Bonchev–Trinajstić information content (AvgIpc) is 3.21. The molecule has 0 aliphatic heterocycles. The zero-order valence-corrected chi connectivity index (χ0v) is 11.6. The Labute approximate surface area is 115 Å². The fourth-order valence-electron chi connectivity index (χ4n) is 2.97. The van der Waals surface area contributed by atoms with Crippen LogP contribution in [0.25, 0.3) is 0 Å². The molecule has 0 aromatic heterocycles. The highest BCUT2D eigenvalue weighted by molar-refractivity contribution is 5.79. The largest absolute Gasteiger partial charge is 0.469 e. The van der Waals surface area contributed by atoms with Gasteiger partial charge in [-0.15, -0.1) is 0 Å². The molecule has 1 saturated carbocycles. The molecule has 0 unspecified atom stereocenters. The number of carbonyl (C=O) groups is 1. The van der Waals surface area contributed by atoms with Gasteiger partial charge in [-0.05, 0) is 43.2 Å². The summed E-state index contributed by atoms with van der Waals surface area (Å²) in [7, 11) is 1.48. The predicted molar refractivity (Wildman–Crippen MR) is 75.8 cm³/mol. The summed E-state index contributed by atoms with van der Waals surface area (Å²) in [6, 6.07) is 10.0. The first-order valence-electron chi connectivity index (χ1n) is 7.06. The van der Waals surface area contributed by atoms with Crippen molar-refractivity contribution in [2.45, 2.75) is 38.0 Å². The minimum absolute atomic E-state index is 0.101. The lowest BCUT2D eigenvalue weighted by atomic mass is 9.80. The second-order valence-corrected chi connectivity index (χ2v) is 5.48. The van der Waals surface area contributed by atoms with Gasteiger partial charge in [0.25, 0.3) is 0 Å². The molecule has 1 aromatic rings. The van der Waals surface area contributed by atoms with Gasteiger partial charge in [0.2, 0.25) is 0 Å². The highest BCUT2D eigenvalue weighted by Gasteiger charge is 2.52. The van der Waals surface area contributed by atoms with Crippen molar-refractivity contribution in [2.75, 3.05) is 13.7 Å². The van der Waals surface area contributed by atoms with Crippen LogP contribution in [0.15, 0.2) is 30.3 Å². The van der Waals surface area contributed by atoms with Gasteiger partial charge in [-0.1, -0.05) is 36.8 Å². The minimum Gasteiger partial charge on any atom is -0.469 e. The van der Waals surface area contributed by atoms with Gasteiger partial charge in [0.05, 0.1) is 13.0 Å². The summed E-state index contributed by atoms with van der Waals surface area (Å²) >= 11 is 0. The van der Waals surface area contributed by atoms with Crippen molar-refractivity contribution in [1.29, 1.82) is 0 Å². The first-order valence-corrected chi connectivity index (χ1v) is 7.06. The molecule has 1 aliphatic rings. The van der Waals surface area contributed by atoms with Crippen molar-refractivity contribution >= 4 is 5.97 Å². The van der Waals surface area contributed by atoms with Crippen molar-refractivity contribution in [1.82, 2.24) is 0 Å². The van der Waals surface area contributed by atoms with Crippen LogP contribution in [0.5, 0.6) is 0 Å². The van der Waals surface area contributed by atoms with Crippen LogP contribution < -0.4 is 5.73 Å². The van der Waals surface area contributed by atoms with E-state index in [4.69, 9.17) is 10.5 Å². The summed E-state index contributed by atoms with van der Waals surface area (Å²) < 4.78 is 5.04. The van der Waals surface area contributed by atoms with Crippen molar-refractivity contribution in [2.24, 2.45) is 11.1 Å². The van der Waals surface area contributed by atoms with Crippen LogP contribution >= 0.6 is 0 Å². The lowest BCUT2D eigenvalue weighted by molar-refractivity contribution is -0.144. The summed E-state index contributed by atoms with van der Waals surface area (Å²) in [5.41, 5.74) is 6.76. The molecular weight excluding hydrogens is 238 g/mol. The number of carbonyl (C=O) groups excluding carboxylic acids is 1. The van der Waals surface area contributed by atoms with Gasteiger partial charge in [-0.25, -0.2) is 0 Å². The molecule has 2 rings (SSSR count). The summed E-state index contributed by atoms with van der Waals surface area (Å²) in [6.07, 6.45) is 5.43. The van der Waals surface area contributed by atoms with Crippen LogP contribution in [0, 0.1) is 5.41 Å². The fraction of sp³-hybridized carbons (Fsp3) is 0.562. The summed E-state index contributed by atoms with van der Waals surface area (Å²) in [5.74, 6) is -0.215. The van der Waals surface area contributed by atoms with E-state index in [0.29, 0.717) is 0 Å². The Balaban J connectivity index is 2.17. The Bertz CT molecular complexity index is 412. The Hall–Kier alpha value is -1.35. The standard InChI is InChI=1S/C16H23NO2/c1-19-15(18)14(13-7-3-2-4-8-13)16(10-11-16)9-5-6-12-17/h2-4,7-8,14H,5-6,9-12,17H2,1H3/t14-/m0/s1. The first kappa shape index (κ1) is 14.1. The summed E-state index contributed by atoms with van der Waals surface area (Å²) in [5, 5.41) is 0. The normalized spacial score (nSPS) is 17.8. The second kappa shape index (κ2) is 6.20. The van der Waals surface area contributed by atoms with Crippen LogP contribution in [0.1, 0.15) is 43.6 Å². The predicted octanol–water partition coefficient (Wildman–Crippen LogP) is 2.85. The van der Waals surface area contributed by atoms with Crippen molar-refractivity contribution < 1.29 is 9.53 Å². The molecule has 0 spiro atoms. The van der Waals surface area contributed by atoms with Gasteiger partial charge in [0, 0.05) is 0 Å². The number of methoxy groups -OCH3 is 1. The Kier molecular flexibility index (Phi) is 4.59. The van der Waals surface area contributed by atoms with Gasteiger partial charge in [0.1, 0.15) is 0 Å². The number of rotatable bonds is 7. The number of hydrogen-bond acceptors (Lipinski definition) is 3. The van der Waals surface area contributed by atoms with E-state index in [9.17, 15) is 4.79 Å². The van der Waals surface area contributed by atoms with E-state index in [0.717, 1.165) is 44.2 Å². The van der Waals surface area contributed by atoms with E-state index in [1.807, 2.05) is 30.3 Å². The third kappa shape index (κ3) is 3.16. The third-order valence-corrected chi connectivity index (χ3v) is 4.20. The molecule has 2 N–H and O–H groups in total. The van der Waals surface area contributed by atoms with Crippen molar-refractivity contribution in [3.8, 4) is 0 Å². The number of hydrogen-bond donors (Lipinski definition) is 1. The first-order chi connectivity index (χ1) is 9.23. The quantitative estimate of drug-likeness (QED) is 0.606. The van der Waals surface area contributed by atoms with E-state index >= 15 is 0 Å². The van der Waals surface area contributed by atoms with Crippen LogP contribution in [0.2, 0.25) is 0 Å². The summed E-state index contributed by atoms with van der Waals surface area (Å²) in [4.78, 5) is 12.2. The fourth-order valence-corrected chi connectivity index (χ4v) is 2.97. The van der Waals surface area contributed by atoms with Crippen molar-refractivity contribution in [3.05, 3.63) is 35.9 Å². The molecule has 0 radical (unpaired) electrons. The van der Waals surface area contributed by atoms with Gasteiger partial charge in [0.15, 0.2) is 0 Å². The zero-order valence-electron chi connectivity index (χ0n) is 11.6. The molecular formula is C16H23NO2. The van der Waals surface area contributed by atoms with Gasteiger partial charge >= 0.3 is 5.97 Å². The van der Waals surface area contributed by atoms with E-state index in [-0.39, 0.29) is 17.3 Å². The van der Waals surface area contributed by atoms with Gasteiger partial charge in [-0.3, -0.25) is 4.79 Å². The molecule has 1 aromatic carbocycles. The second-order valence-electron chi connectivity index (χ2n) is 5.48. The highest BCUT2D eigenvalue weighted by atomic mass is 16.5. The lowest BCUT2D eigenvalue weighted by Crippen LogP contribution is -2.24. The monoisotopic (exact) mass is 261 g/mol. The van der Waals surface area contributed by atoms with Crippen LogP contribution in [0.4, 0.5) is 0 Å². The minimum atomic E-state index is -0.114. The molecule has 0 heterocycles. The Morgan fingerprint density at radius 1 is 1.32 bits per heavy atom. The Morgan fingerprint density at radius 3 is 2.53 bits per heavy atom. The molecule has 0 bridgehead atoms. The van der Waals surface area contributed by atoms with Gasteiger partial charge in [-0.2, -0.15) is 0 Å². The molecule has 3 nitrogen and oxygen atoms in total. The summed E-state index contributed by atoms with van der Waals surface area (Å²) in [6.45, 7) is 0.726. The molecule has 1 aliphatic carbocycles. The topological polar surface area (TPSA) is 52.3 Å². The van der Waals surface area contributed by atoms with Gasteiger partial charge < -0.3 is 10.5 Å². The lowest BCUT2D eigenvalue weighted by Gasteiger charge is -2.25. The zero-order chi connectivity index (χ0) is 13.7. The van der Waals surface area contributed by atoms with E-state index in [2.05, 4.69) is 0 Å². The molecule has 1 fully saturated rings. The van der Waals surface area contributed by atoms with E-state index < -0.39 is 0 Å².